The van der Waals surface area contributed by atoms with Crippen molar-refractivity contribution in [1.82, 2.24) is 9.97 Å². The van der Waals surface area contributed by atoms with Gasteiger partial charge < -0.3 is 14.9 Å². The van der Waals surface area contributed by atoms with Crippen LogP contribution in [0.3, 0.4) is 0 Å². The first-order chi connectivity index (χ1) is 18.5. The van der Waals surface area contributed by atoms with Gasteiger partial charge in [0.25, 0.3) is 0 Å². The van der Waals surface area contributed by atoms with E-state index >= 15 is 0 Å². The maximum absolute atomic E-state index is 4.45. The van der Waals surface area contributed by atoms with Crippen molar-refractivity contribution < 1.29 is 23.3 Å². The van der Waals surface area contributed by atoms with Gasteiger partial charge in [-0.25, -0.2) is 0 Å². The van der Waals surface area contributed by atoms with Gasteiger partial charge in [0.1, 0.15) is 0 Å². The van der Waals surface area contributed by atoms with Gasteiger partial charge in [-0.05, 0) is 47.2 Å². The summed E-state index contributed by atoms with van der Waals surface area (Å²) in [4.78, 5) is 8.91. The average molecular weight is 691 g/mol. The molecule has 6 rings (SSSR count). The molecule has 42 heavy (non-hydrogen) atoms. The molecule has 4 aromatic carbocycles. The van der Waals surface area contributed by atoms with Crippen LogP contribution in [0.5, 0.6) is 0 Å². The van der Waals surface area contributed by atoms with Crippen LogP contribution in [-0.2, 0) is 23.3 Å². The number of nitrogens with zero attached hydrogens (tertiary/aromatic N) is 2. The molecule has 0 amide bonds. The van der Waals surface area contributed by atoms with Crippen LogP contribution in [0.2, 0.25) is 0 Å². The Hall–Kier alpha value is -2.36. The van der Waals surface area contributed by atoms with Crippen molar-refractivity contribution in [3.8, 4) is 22.5 Å². The van der Waals surface area contributed by atoms with Crippen LogP contribution in [0.1, 0.15) is 50.7 Å². The van der Waals surface area contributed by atoms with Crippen LogP contribution in [0.15, 0.2) is 109 Å². The Morgan fingerprint density at radius 2 is 0.952 bits per heavy atom. The Labute approximate surface area is 282 Å². The topological polar surface area (TPSA) is 25.8 Å². The number of benzene rings is 2. The monoisotopic (exact) mass is 688 g/mol. The van der Waals surface area contributed by atoms with Gasteiger partial charge in [-0.15, -0.1) is 93.9 Å². The van der Waals surface area contributed by atoms with Crippen molar-refractivity contribution in [2.24, 2.45) is 0 Å². The average Bonchev–Trinajstić information content (AvgIpc) is 3.61. The Kier molecular flexibility index (Phi) is 18.0. The molecule has 0 fully saturated rings. The summed E-state index contributed by atoms with van der Waals surface area (Å²) in [5.74, 6) is 1.13. The summed E-state index contributed by atoms with van der Waals surface area (Å²) in [5, 5.41) is 5.23. The Bertz CT molecular complexity index is 1490. The van der Waals surface area contributed by atoms with Crippen LogP contribution in [0.4, 0.5) is 0 Å². The molecule has 0 aliphatic rings. The molecule has 2 radical (unpaired) electrons. The van der Waals surface area contributed by atoms with Crippen LogP contribution < -0.4 is 0 Å². The quantitative estimate of drug-likeness (QED) is 0.136. The third kappa shape index (κ3) is 9.32. The summed E-state index contributed by atoms with van der Waals surface area (Å²) in [6.45, 7) is 12.0. The molecular weight excluding hydrogens is 651 g/mol. The van der Waals surface area contributed by atoms with Gasteiger partial charge in [0.05, 0.1) is 11.4 Å². The second-order valence-corrected chi connectivity index (χ2v) is 9.93. The van der Waals surface area contributed by atoms with Gasteiger partial charge in [0, 0.05) is 12.4 Å². The molecular formula is C36H40Cl2N2SiZr-4. The maximum atomic E-state index is 4.45. The number of pyridine rings is 2. The SMILES string of the molecule is CC(C)c1cc2c(-c3ccccn3)cccc2[cH-]1.CC(C)c1cc2c(-c3ccccn3)cccc2[cH-]1.Cl.Cl.[CH3-].[CH3-].[Si]=[Zr]. The van der Waals surface area contributed by atoms with Crippen molar-refractivity contribution in [2.45, 2.75) is 39.5 Å². The van der Waals surface area contributed by atoms with E-state index in [1.807, 2.05) is 36.7 Å². The molecule has 2 aromatic heterocycles. The molecule has 0 spiro atoms. The molecule has 0 saturated carbocycles. The first-order valence-corrected chi connectivity index (χ1v) is 17.2. The molecule has 0 unspecified atom stereocenters. The van der Waals surface area contributed by atoms with Gasteiger partial charge in [-0.3, -0.25) is 9.97 Å². The number of hydrogen-bond acceptors (Lipinski definition) is 2. The third-order valence-electron chi connectivity index (χ3n) is 6.76. The summed E-state index contributed by atoms with van der Waals surface area (Å²) < 4.78 is 0. The van der Waals surface area contributed by atoms with E-state index in [0.717, 1.165) is 11.4 Å². The van der Waals surface area contributed by atoms with Crippen molar-refractivity contribution in [3.05, 3.63) is 135 Å². The van der Waals surface area contributed by atoms with Crippen molar-refractivity contribution >= 4 is 53.2 Å². The van der Waals surface area contributed by atoms with Gasteiger partial charge in [-0.2, -0.15) is 12.1 Å². The van der Waals surface area contributed by atoms with Crippen LogP contribution in [-0.4, -0.2) is 16.8 Å². The van der Waals surface area contributed by atoms with E-state index in [9.17, 15) is 0 Å². The summed E-state index contributed by atoms with van der Waals surface area (Å²) in [7, 11) is 0. The third-order valence-corrected chi connectivity index (χ3v) is 6.76. The van der Waals surface area contributed by atoms with E-state index in [2.05, 4.69) is 117 Å². The number of aromatic nitrogens is 2. The zero-order valence-corrected chi connectivity index (χ0v) is 30.3. The van der Waals surface area contributed by atoms with Crippen molar-refractivity contribution in [3.63, 3.8) is 0 Å². The molecule has 0 N–H and O–H groups in total. The second kappa shape index (κ2) is 19.0. The van der Waals surface area contributed by atoms with E-state index in [1.165, 1.54) is 67.1 Å². The Balaban J connectivity index is 0.000000694. The molecule has 2 nitrogen and oxygen atoms in total. The molecule has 0 atom stereocenters. The molecule has 6 aromatic rings. The molecule has 220 valence electrons. The zero-order chi connectivity index (χ0) is 27.1. The molecule has 0 bridgehead atoms. The molecule has 6 heteroatoms. The molecule has 0 aliphatic heterocycles. The van der Waals surface area contributed by atoms with E-state index in [4.69, 9.17) is 0 Å². The van der Waals surface area contributed by atoms with Gasteiger partial charge in [-0.1, -0.05) is 52.0 Å². The fourth-order valence-corrected chi connectivity index (χ4v) is 4.67. The van der Waals surface area contributed by atoms with Gasteiger partial charge in [0.2, 0.25) is 0 Å². The summed E-state index contributed by atoms with van der Waals surface area (Å²) >= 11 is 1.36. The predicted molar refractivity (Wildman–Crippen MR) is 187 cm³/mol. The summed E-state index contributed by atoms with van der Waals surface area (Å²) in [6.07, 6.45) is 3.70. The van der Waals surface area contributed by atoms with E-state index in [-0.39, 0.29) is 39.7 Å². The number of rotatable bonds is 4. The summed E-state index contributed by atoms with van der Waals surface area (Å²) in [6, 6.07) is 34.1. The minimum absolute atomic E-state index is 0. The van der Waals surface area contributed by atoms with Crippen LogP contribution in [0, 0.1) is 14.9 Å². The van der Waals surface area contributed by atoms with E-state index in [0.29, 0.717) is 11.8 Å². The predicted octanol–water partition coefficient (Wildman–Crippen LogP) is 10.8. The van der Waals surface area contributed by atoms with E-state index in [1.54, 1.807) is 0 Å². The number of fused-ring (bicyclic) bond motifs is 2. The summed E-state index contributed by atoms with van der Waals surface area (Å²) in [5.41, 5.74) is 7.33. The van der Waals surface area contributed by atoms with Crippen LogP contribution >= 0.6 is 24.8 Å². The van der Waals surface area contributed by atoms with Gasteiger partial charge in [0.15, 0.2) is 0 Å². The second-order valence-electron chi connectivity index (χ2n) is 9.93. The molecule has 0 saturated heterocycles. The van der Waals surface area contributed by atoms with E-state index < -0.39 is 0 Å². The fraction of sp³-hybridized carbons (Fsp3) is 0.167. The fourth-order valence-electron chi connectivity index (χ4n) is 4.67. The Morgan fingerprint density at radius 1 is 0.571 bits per heavy atom. The van der Waals surface area contributed by atoms with Crippen molar-refractivity contribution in [1.29, 1.82) is 0 Å². The normalized spacial score (nSPS) is 9.74. The zero-order valence-electron chi connectivity index (χ0n) is 25.3. The molecule has 0 aliphatic carbocycles. The Morgan fingerprint density at radius 3 is 1.26 bits per heavy atom. The number of halogens is 2. The first-order valence-electron chi connectivity index (χ1n) is 13.0. The standard InChI is InChI=1S/2C17H16N.2CH3.2ClH.Si.Zr/c2*1-12(2)14-10-13-6-5-7-15(16(13)11-14)17-8-3-4-9-18-17;;;;;;/h2*3-12H,1-2H3;2*1H3;2*1H;;/q4*-1;;;;. The van der Waals surface area contributed by atoms with Crippen molar-refractivity contribution in [2.75, 3.05) is 0 Å². The molecule has 2 heterocycles. The number of hydrogen-bond donors (Lipinski definition) is 0. The van der Waals surface area contributed by atoms with Crippen LogP contribution in [0.25, 0.3) is 44.1 Å². The minimum atomic E-state index is 0. The van der Waals surface area contributed by atoms with Gasteiger partial charge >= 0.3 is 30.2 Å². The first kappa shape index (κ1) is 39.6.